The van der Waals surface area contributed by atoms with Crippen LogP contribution in [-0.4, -0.2) is 34.3 Å². The van der Waals surface area contributed by atoms with Crippen molar-refractivity contribution in [3.05, 3.63) is 77.6 Å². The van der Waals surface area contributed by atoms with Gasteiger partial charge in [-0.15, -0.1) is 0 Å². The summed E-state index contributed by atoms with van der Waals surface area (Å²) >= 11 is 0. The number of carbonyl (C=O) groups excluding carboxylic acids is 1. The van der Waals surface area contributed by atoms with Crippen LogP contribution in [0, 0.1) is 0 Å². The van der Waals surface area contributed by atoms with Crippen LogP contribution in [0.1, 0.15) is 24.9 Å². The molecule has 0 bridgehead atoms. The number of aliphatic imine (C=N–C) groups is 1. The minimum Gasteiger partial charge on any atom is -0.511 e. The standard InChI is InChI=1S/C21H21N3O2/c1-14-13-22-20-19(21(26)23-16-10-6-3-7-11-16)18(25)12-17(24(14)20)15-8-4-2-5-9-15/h2-11,14,17,25H,12-13H2,1H3,(H,23,26). The van der Waals surface area contributed by atoms with Gasteiger partial charge in [-0.2, -0.15) is 0 Å². The van der Waals surface area contributed by atoms with E-state index in [0.717, 1.165) is 5.56 Å². The molecule has 0 fully saturated rings. The number of carbonyl (C=O) groups is 1. The second-order valence-electron chi connectivity index (χ2n) is 6.69. The fourth-order valence-corrected chi connectivity index (χ4v) is 3.67. The molecule has 0 saturated heterocycles. The summed E-state index contributed by atoms with van der Waals surface area (Å²) in [5.74, 6) is 0.359. The summed E-state index contributed by atoms with van der Waals surface area (Å²) in [7, 11) is 0. The molecule has 2 aromatic rings. The Hall–Kier alpha value is -3.08. The highest BCUT2D eigenvalue weighted by Gasteiger charge is 2.41. The predicted molar refractivity (Wildman–Crippen MR) is 102 cm³/mol. The van der Waals surface area contributed by atoms with Crippen LogP contribution in [0.15, 0.2) is 77.0 Å². The van der Waals surface area contributed by atoms with Gasteiger partial charge in [0.25, 0.3) is 5.91 Å². The SMILES string of the molecule is CC1CN=C2C(C(=O)Nc3ccccc3)=C(O)CC(c3ccccc3)N21. The van der Waals surface area contributed by atoms with Crippen LogP contribution in [0.25, 0.3) is 0 Å². The maximum Gasteiger partial charge on any atom is 0.262 e. The van der Waals surface area contributed by atoms with E-state index in [0.29, 0.717) is 24.5 Å². The zero-order valence-corrected chi connectivity index (χ0v) is 14.6. The lowest BCUT2D eigenvalue weighted by atomic mass is 9.92. The van der Waals surface area contributed by atoms with Crippen LogP contribution < -0.4 is 5.32 Å². The van der Waals surface area contributed by atoms with Crippen LogP contribution >= 0.6 is 0 Å². The number of hydrogen-bond acceptors (Lipinski definition) is 4. The van der Waals surface area contributed by atoms with Crippen molar-refractivity contribution in [2.75, 3.05) is 11.9 Å². The summed E-state index contributed by atoms with van der Waals surface area (Å²) in [5.41, 5.74) is 2.09. The number of aliphatic hydroxyl groups is 1. The summed E-state index contributed by atoms with van der Waals surface area (Å²) in [6, 6.07) is 19.5. The molecule has 2 atom stereocenters. The van der Waals surface area contributed by atoms with E-state index in [1.54, 1.807) is 0 Å². The maximum atomic E-state index is 12.8. The van der Waals surface area contributed by atoms with E-state index in [2.05, 4.69) is 34.3 Å². The summed E-state index contributed by atoms with van der Waals surface area (Å²) in [4.78, 5) is 19.6. The molecule has 1 amide bonds. The first-order valence-electron chi connectivity index (χ1n) is 8.82. The molecule has 5 heteroatoms. The Morgan fingerprint density at radius 3 is 2.46 bits per heavy atom. The van der Waals surface area contributed by atoms with Gasteiger partial charge in [0.1, 0.15) is 17.2 Å². The average Bonchev–Trinajstić information content (AvgIpc) is 3.04. The molecule has 0 saturated carbocycles. The Balaban J connectivity index is 1.68. The first-order valence-corrected chi connectivity index (χ1v) is 8.82. The van der Waals surface area contributed by atoms with Crippen LogP contribution in [0.3, 0.4) is 0 Å². The molecule has 0 spiro atoms. The molecule has 0 aromatic heterocycles. The first kappa shape index (κ1) is 16.4. The van der Waals surface area contributed by atoms with E-state index < -0.39 is 0 Å². The van der Waals surface area contributed by atoms with Gasteiger partial charge < -0.3 is 15.3 Å². The maximum absolute atomic E-state index is 12.8. The number of fused-ring (bicyclic) bond motifs is 1. The number of nitrogens with zero attached hydrogens (tertiary/aromatic N) is 2. The lowest BCUT2D eigenvalue weighted by Gasteiger charge is -2.38. The minimum absolute atomic E-state index is 0.0132. The molecule has 2 aliphatic heterocycles. The number of rotatable bonds is 3. The lowest BCUT2D eigenvalue weighted by molar-refractivity contribution is -0.112. The van der Waals surface area contributed by atoms with Crippen molar-refractivity contribution in [2.45, 2.75) is 25.4 Å². The van der Waals surface area contributed by atoms with Crippen LogP contribution in [0.2, 0.25) is 0 Å². The zero-order valence-electron chi connectivity index (χ0n) is 14.6. The highest BCUT2D eigenvalue weighted by Crippen LogP contribution is 2.38. The van der Waals surface area contributed by atoms with Crippen LogP contribution in [0.5, 0.6) is 0 Å². The Kier molecular flexibility index (Phi) is 4.21. The predicted octanol–water partition coefficient (Wildman–Crippen LogP) is 3.68. The normalized spacial score (nSPS) is 22.0. The molecule has 26 heavy (non-hydrogen) atoms. The molecule has 132 valence electrons. The molecular formula is C21H21N3O2. The first-order chi connectivity index (χ1) is 12.6. The molecule has 2 aliphatic rings. The second-order valence-corrected chi connectivity index (χ2v) is 6.69. The number of para-hydroxylation sites is 1. The Morgan fingerprint density at radius 1 is 1.12 bits per heavy atom. The monoisotopic (exact) mass is 347 g/mol. The molecule has 2 N–H and O–H groups in total. The van der Waals surface area contributed by atoms with Crippen molar-refractivity contribution in [1.29, 1.82) is 0 Å². The summed E-state index contributed by atoms with van der Waals surface area (Å²) in [6.07, 6.45) is 0.394. The van der Waals surface area contributed by atoms with Gasteiger partial charge in [-0.05, 0) is 24.6 Å². The van der Waals surface area contributed by atoms with Crippen molar-refractivity contribution in [3.63, 3.8) is 0 Å². The third-order valence-electron chi connectivity index (χ3n) is 4.90. The molecule has 4 rings (SSSR count). The van der Waals surface area contributed by atoms with Crippen LogP contribution in [-0.2, 0) is 4.79 Å². The van der Waals surface area contributed by atoms with E-state index in [9.17, 15) is 9.90 Å². The fraction of sp³-hybridized carbons (Fsp3) is 0.238. The third kappa shape index (κ3) is 2.86. The van der Waals surface area contributed by atoms with Gasteiger partial charge in [-0.3, -0.25) is 9.79 Å². The minimum atomic E-state index is -0.321. The Labute approximate surface area is 152 Å². The number of hydrogen-bond donors (Lipinski definition) is 2. The highest BCUT2D eigenvalue weighted by molar-refractivity contribution is 6.25. The van der Waals surface area contributed by atoms with Gasteiger partial charge in [0.2, 0.25) is 0 Å². The van der Waals surface area contributed by atoms with E-state index >= 15 is 0 Å². The molecule has 2 aromatic carbocycles. The Bertz CT molecular complexity index is 875. The summed E-state index contributed by atoms with van der Waals surface area (Å²) < 4.78 is 0. The fourth-order valence-electron chi connectivity index (χ4n) is 3.67. The van der Waals surface area contributed by atoms with Crippen molar-refractivity contribution in [2.24, 2.45) is 4.99 Å². The topological polar surface area (TPSA) is 64.9 Å². The average molecular weight is 347 g/mol. The smallest absolute Gasteiger partial charge is 0.262 e. The quantitative estimate of drug-likeness (QED) is 0.890. The number of amides is 1. The number of aliphatic hydroxyl groups excluding tert-OH is 1. The highest BCUT2D eigenvalue weighted by atomic mass is 16.3. The number of nitrogens with one attached hydrogen (secondary N) is 1. The van der Waals surface area contributed by atoms with Gasteiger partial charge in [0.05, 0.1) is 12.6 Å². The summed E-state index contributed by atoms with van der Waals surface area (Å²) in [5, 5.41) is 13.6. The molecule has 5 nitrogen and oxygen atoms in total. The number of anilines is 1. The van der Waals surface area contributed by atoms with E-state index in [1.165, 1.54) is 0 Å². The van der Waals surface area contributed by atoms with Crippen LogP contribution in [0.4, 0.5) is 5.69 Å². The number of amidine groups is 1. The largest absolute Gasteiger partial charge is 0.511 e. The van der Waals surface area contributed by atoms with Crippen molar-refractivity contribution in [1.82, 2.24) is 4.90 Å². The van der Waals surface area contributed by atoms with Crippen molar-refractivity contribution < 1.29 is 9.90 Å². The van der Waals surface area contributed by atoms with Gasteiger partial charge in [-0.1, -0.05) is 48.5 Å². The third-order valence-corrected chi connectivity index (χ3v) is 4.90. The second kappa shape index (κ2) is 6.67. The van der Waals surface area contributed by atoms with E-state index in [-0.39, 0.29) is 29.3 Å². The van der Waals surface area contributed by atoms with Gasteiger partial charge >= 0.3 is 0 Å². The van der Waals surface area contributed by atoms with E-state index in [1.807, 2.05) is 48.5 Å². The molecular weight excluding hydrogens is 326 g/mol. The molecule has 2 heterocycles. The summed E-state index contributed by atoms with van der Waals surface area (Å²) in [6.45, 7) is 2.72. The Morgan fingerprint density at radius 2 is 1.77 bits per heavy atom. The van der Waals surface area contributed by atoms with Crippen molar-refractivity contribution in [3.8, 4) is 0 Å². The zero-order chi connectivity index (χ0) is 18.1. The van der Waals surface area contributed by atoms with Gasteiger partial charge in [0.15, 0.2) is 0 Å². The van der Waals surface area contributed by atoms with Crippen molar-refractivity contribution >= 4 is 17.4 Å². The molecule has 2 unspecified atom stereocenters. The lowest BCUT2D eigenvalue weighted by Crippen LogP contribution is -2.44. The molecule has 0 radical (unpaired) electrons. The number of benzene rings is 2. The molecule has 0 aliphatic carbocycles. The van der Waals surface area contributed by atoms with E-state index in [4.69, 9.17) is 0 Å². The van der Waals surface area contributed by atoms with Gasteiger partial charge in [-0.25, -0.2) is 0 Å². The van der Waals surface area contributed by atoms with Gasteiger partial charge in [0, 0.05) is 18.2 Å².